The van der Waals surface area contributed by atoms with Gasteiger partial charge in [-0.2, -0.15) is 0 Å². The Bertz CT molecular complexity index is 380. The minimum atomic E-state index is 0.655. The summed E-state index contributed by atoms with van der Waals surface area (Å²) in [5.41, 5.74) is 5.64. The predicted octanol–water partition coefficient (Wildman–Crippen LogP) is 1.89. The third kappa shape index (κ3) is 4.40. The van der Waals surface area contributed by atoms with Crippen molar-refractivity contribution < 1.29 is 9.47 Å². The first-order valence-electron chi connectivity index (χ1n) is 7.14. The molecule has 1 aliphatic carbocycles. The molecule has 1 aliphatic rings. The summed E-state index contributed by atoms with van der Waals surface area (Å²) < 4.78 is 11.4. The van der Waals surface area contributed by atoms with Crippen molar-refractivity contribution in [2.45, 2.75) is 25.8 Å². The maximum atomic E-state index is 5.84. The Hall–Kier alpha value is -1.26. The maximum Gasteiger partial charge on any atom is 0.161 e. The Morgan fingerprint density at radius 1 is 1.16 bits per heavy atom. The molecule has 0 amide bonds. The minimum absolute atomic E-state index is 0.655. The van der Waals surface area contributed by atoms with E-state index in [1.54, 1.807) is 0 Å². The van der Waals surface area contributed by atoms with Crippen LogP contribution in [-0.2, 0) is 0 Å². The van der Waals surface area contributed by atoms with Gasteiger partial charge in [0.2, 0.25) is 0 Å². The van der Waals surface area contributed by atoms with Crippen molar-refractivity contribution in [2.24, 2.45) is 5.73 Å². The first-order valence-corrected chi connectivity index (χ1v) is 7.14. The molecule has 0 spiro atoms. The standard InChI is InChI=1S/C15H24N2O2/c1-2-18-14-5-3-4-6-15(14)19-12-11-17(10-9-16)13-7-8-13/h3-6,13H,2,7-12,16H2,1H3. The van der Waals surface area contributed by atoms with E-state index in [-0.39, 0.29) is 0 Å². The normalized spacial score (nSPS) is 14.7. The zero-order valence-corrected chi connectivity index (χ0v) is 11.7. The van der Waals surface area contributed by atoms with Crippen LogP contribution in [0.5, 0.6) is 11.5 Å². The molecule has 1 saturated carbocycles. The van der Waals surface area contributed by atoms with Gasteiger partial charge >= 0.3 is 0 Å². The van der Waals surface area contributed by atoms with Crippen molar-refractivity contribution in [3.63, 3.8) is 0 Å². The van der Waals surface area contributed by atoms with Gasteiger partial charge in [0.05, 0.1) is 6.61 Å². The Kier molecular flexibility index (Phi) is 5.48. The smallest absolute Gasteiger partial charge is 0.161 e. The number of ether oxygens (including phenoxy) is 2. The molecule has 4 heteroatoms. The lowest BCUT2D eigenvalue weighted by Gasteiger charge is -2.21. The van der Waals surface area contributed by atoms with Gasteiger partial charge in [0.15, 0.2) is 11.5 Å². The monoisotopic (exact) mass is 264 g/mol. The summed E-state index contributed by atoms with van der Waals surface area (Å²) in [5, 5.41) is 0. The molecule has 0 unspecified atom stereocenters. The van der Waals surface area contributed by atoms with Crippen LogP contribution < -0.4 is 15.2 Å². The van der Waals surface area contributed by atoms with E-state index in [1.165, 1.54) is 12.8 Å². The highest BCUT2D eigenvalue weighted by atomic mass is 16.5. The van der Waals surface area contributed by atoms with Crippen LogP contribution in [0.25, 0.3) is 0 Å². The number of nitrogens with two attached hydrogens (primary N) is 1. The van der Waals surface area contributed by atoms with E-state index in [1.807, 2.05) is 31.2 Å². The number of hydrogen-bond acceptors (Lipinski definition) is 4. The topological polar surface area (TPSA) is 47.7 Å². The molecule has 0 saturated heterocycles. The summed E-state index contributed by atoms with van der Waals surface area (Å²) >= 11 is 0. The van der Waals surface area contributed by atoms with E-state index in [9.17, 15) is 0 Å². The van der Waals surface area contributed by atoms with Crippen molar-refractivity contribution in [3.8, 4) is 11.5 Å². The molecule has 19 heavy (non-hydrogen) atoms. The first kappa shape index (κ1) is 14.2. The Balaban J connectivity index is 1.81. The zero-order valence-electron chi connectivity index (χ0n) is 11.7. The first-order chi connectivity index (χ1) is 9.35. The van der Waals surface area contributed by atoms with Crippen LogP contribution in [0.4, 0.5) is 0 Å². The van der Waals surface area contributed by atoms with Crippen molar-refractivity contribution in [1.82, 2.24) is 4.90 Å². The third-order valence-corrected chi connectivity index (χ3v) is 3.26. The largest absolute Gasteiger partial charge is 0.490 e. The second-order valence-corrected chi connectivity index (χ2v) is 4.78. The summed E-state index contributed by atoms with van der Waals surface area (Å²) in [7, 11) is 0. The highest BCUT2D eigenvalue weighted by Crippen LogP contribution is 2.28. The lowest BCUT2D eigenvalue weighted by atomic mass is 10.3. The predicted molar refractivity (Wildman–Crippen MR) is 76.8 cm³/mol. The molecule has 2 rings (SSSR count). The van der Waals surface area contributed by atoms with E-state index < -0.39 is 0 Å². The second kappa shape index (κ2) is 7.36. The molecule has 0 heterocycles. The van der Waals surface area contributed by atoms with Gasteiger partial charge < -0.3 is 15.2 Å². The number of benzene rings is 1. The fourth-order valence-corrected chi connectivity index (χ4v) is 2.20. The Morgan fingerprint density at radius 2 is 1.84 bits per heavy atom. The average molecular weight is 264 g/mol. The van der Waals surface area contributed by atoms with Crippen molar-refractivity contribution in [2.75, 3.05) is 32.8 Å². The van der Waals surface area contributed by atoms with Crippen LogP contribution in [-0.4, -0.2) is 43.8 Å². The molecular weight excluding hydrogens is 240 g/mol. The number of hydrogen-bond donors (Lipinski definition) is 1. The number of rotatable bonds is 9. The molecule has 0 radical (unpaired) electrons. The van der Waals surface area contributed by atoms with Gasteiger partial charge in [-0.25, -0.2) is 0 Å². The summed E-state index contributed by atoms with van der Waals surface area (Å²) in [5.74, 6) is 1.65. The van der Waals surface area contributed by atoms with Gasteiger partial charge in [-0.3, -0.25) is 4.90 Å². The summed E-state index contributed by atoms with van der Waals surface area (Å²) in [4.78, 5) is 2.42. The molecule has 0 atom stereocenters. The van der Waals surface area contributed by atoms with Crippen LogP contribution in [0.2, 0.25) is 0 Å². The van der Waals surface area contributed by atoms with Gasteiger partial charge in [-0.15, -0.1) is 0 Å². The average Bonchev–Trinajstić information content (AvgIpc) is 3.24. The van der Waals surface area contributed by atoms with Crippen LogP contribution in [0.3, 0.4) is 0 Å². The van der Waals surface area contributed by atoms with Crippen LogP contribution in [0, 0.1) is 0 Å². The lowest BCUT2D eigenvalue weighted by molar-refractivity contribution is 0.199. The number of nitrogens with zero attached hydrogens (tertiary/aromatic N) is 1. The SMILES string of the molecule is CCOc1ccccc1OCCN(CCN)C1CC1. The molecule has 4 nitrogen and oxygen atoms in total. The molecule has 2 N–H and O–H groups in total. The summed E-state index contributed by atoms with van der Waals surface area (Å²) in [6.07, 6.45) is 2.60. The van der Waals surface area contributed by atoms with Crippen LogP contribution in [0.1, 0.15) is 19.8 Å². The van der Waals surface area contributed by atoms with Crippen molar-refractivity contribution >= 4 is 0 Å². The van der Waals surface area contributed by atoms with Gasteiger partial charge in [0, 0.05) is 25.7 Å². The zero-order chi connectivity index (χ0) is 13.5. The molecule has 0 bridgehead atoms. The molecule has 1 aromatic carbocycles. The highest BCUT2D eigenvalue weighted by Gasteiger charge is 2.27. The van der Waals surface area contributed by atoms with Crippen LogP contribution >= 0.6 is 0 Å². The fraction of sp³-hybridized carbons (Fsp3) is 0.600. The minimum Gasteiger partial charge on any atom is -0.490 e. The van der Waals surface area contributed by atoms with E-state index in [2.05, 4.69) is 4.90 Å². The van der Waals surface area contributed by atoms with E-state index >= 15 is 0 Å². The highest BCUT2D eigenvalue weighted by molar-refractivity contribution is 5.39. The molecule has 106 valence electrons. The van der Waals surface area contributed by atoms with Crippen molar-refractivity contribution in [1.29, 1.82) is 0 Å². The summed E-state index contributed by atoms with van der Waals surface area (Å²) in [6, 6.07) is 8.56. The van der Waals surface area contributed by atoms with Gasteiger partial charge in [0.1, 0.15) is 6.61 Å². The van der Waals surface area contributed by atoms with Crippen molar-refractivity contribution in [3.05, 3.63) is 24.3 Å². The van der Waals surface area contributed by atoms with Gasteiger partial charge in [0.25, 0.3) is 0 Å². The lowest BCUT2D eigenvalue weighted by Crippen LogP contribution is -2.34. The maximum absolute atomic E-state index is 5.84. The molecule has 1 aromatic rings. The second-order valence-electron chi connectivity index (χ2n) is 4.78. The van der Waals surface area contributed by atoms with Crippen LogP contribution in [0.15, 0.2) is 24.3 Å². The number of para-hydroxylation sites is 2. The molecule has 0 aliphatic heterocycles. The van der Waals surface area contributed by atoms with E-state index in [0.717, 1.165) is 30.6 Å². The Labute approximate surface area is 115 Å². The third-order valence-electron chi connectivity index (χ3n) is 3.26. The Morgan fingerprint density at radius 3 is 2.42 bits per heavy atom. The van der Waals surface area contributed by atoms with E-state index in [0.29, 0.717) is 19.8 Å². The quantitative estimate of drug-likeness (QED) is 0.740. The summed E-state index contributed by atoms with van der Waals surface area (Å²) in [6.45, 7) is 5.92. The molecular formula is C15H24N2O2. The van der Waals surface area contributed by atoms with Gasteiger partial charge in [-0.05, 0) is 31.9 Å². The van der Waals surface area contributed by atoms with Gasteiger partial charge in [-0.1, -0.05) is 12.1 Å². The van der Waals surface area contributed by atoms with E-state index in [4.69, 9.17) is 15.2 Å². The molecule has 1 fully saturated rings. The molecule has 0 aromatic heterocycles. The fourth-order valence-electron chi connectivity index (χ4n) is 2.20.